The van der Waals surface area contributed by atoms with Crippen LogP contribution in [0.2, 0.25) is 0 Å². The van der Waals surface area contributed by atoms with E-state index >= 15 is 0 Å². The van der Waals surface area contributed by atoms with E-state index in [0.29, 0.717) is 5.41 Å². The Kier molecular flexibility index (Phi) is 3.33. The summed E-state index contributed by atoms with van der Waals surface area (Å²) in [5, 5.41) is 1.40. The van der Waals surface area contributed by atoms with Gasteiger partial charge in [-0.2, -0.15) is 0 Å². The molecule has 1 aromatic rings. The molecule has 0 aliphatic heterocycles. The molecule has 1 aromatic carbocycles. The van der Waals surface area contributed by atoms with E-state index in [-0.39, 0.29) is 0 Å². The van der Waals surface area contributed by atoms with Gasteiger partial charge in [0.25, 0.3) is 0 Å². The number of rotatable bonds is 3. The molecule has 0 amide bonds. The minimum absolute atomic E-state index is 0.583. The Morgan fingerprint density at radius 2 is 1.89 bits per heavy atom. The molecule has 2 heteroatoms. The second-order valence-corrected chi connectivity index (χ2v) is 10.9. The lowest BCUT2D eigenvalue weighted by Crippen LogP contribution is -2.53. The first kappa shape index (κ1) is 13.7. The van der Waals surface area contributed by atoms with Gasteiger partial charge in [0.1, 0.15) is 0 Å². The van der Waals surface area contributed by atoms with Gasteiger partial charge in [0, 0.05) is 6.66 Å². The normalized spacial score (nSPS) is 35.2. The summed E-state index contributed by atoms with van der Waals surface area (Å²) in [5.74, 6) is 2.79. The lowest BCUT2D eigenvalue weighted by Gasteiger charge is -2.60. The Bertz CT molecular complexity index is 450. The van der Waals surface area contributed by atoms with Crippen molar-refractivity contribution in [3.63, 3.8) is 0 Å². The minimum atomic E-state index is -1.43. The zero-order valence-corrected chi connectivity index (χ0v) is 13.4. The van der Waals surface area contributed by atoms with Crippen LogP contribution in [0.5, 0.6) is 0 Å². The third kappa shape index (κ3) is 2.29. The number of fused-ring (bicyclic) bond motifs is 2. The highest BCUT2D eigenvalue weighted by Gasteiger charge is 2.55. The van der Waals surface area contributed by atoms with Crippen LogP contribution in [0, 0.1) is 23.2 Å². The van der Waals surface area contributed by atoms with Crippen molar-refractivity contribution in [3.8, 4) is 0 Å². The summed E-state index contributed by atoms with van der Waals surface area (Å²) in [5.41, 5.74) is 0.583. The molecule has 3 aliphatic rings. The van der Waals surface area contributed by atoms with Crippen molar-refractivity contribution in [3.05, 3.63) is 30.3 Å². The predicted octanol–water partition coefficient (Wildman–Crippen LogP) is 4.12. The lowest BCUT2D eigenvalue weighted by molar-refractivity contribution is -0.0976. The molecule has 3 saturated carbocycles. The van der Waals surface area contributed by atoms with Crippen LogP contribution < -0.4 is 5.30 Å². The van der Waals surface area contributed by atoms with Crippen LogP contribution in [0.1, 0.15) is 33.1 Å². The average molecular weight is 271 g/mol. The van der Waals surface area contributed by atoms with E-state index in [4.69, 9.17) is 7.57 Å². The maximum absolute atomic E-state index is 6.75. The van der Waals surface area contributed by atoms with Crippen molar-refractivity contribution in [2.24, 2.45) is 23.2 Å². The highest BCUT2D eigenvalue weighted by molar-refractivity contribution is 8.02. The Balaban J connectivity index is 1.75. The molecule has 0 saturated heterocycles. The molecule has 4 atom stereocenters. The van der Waals surface area contributed by atoms with Crippen molar-refractivity contribution in [2.45, 2.75) is 33.1 Å². The molecule has 0 heterocycles. The Morgan fingerprint density at radius 1 is 1.21 bits per heavy atom. The molecule has 0 aromatic heterocycles. The monoisotopic (exact) mass is 271 g/mol. The molecule has 100 valence electrons. The summed E-state index contributed by atoms with van der Waals surface area (Å²) in [6.07, 6.45) is 5.56. The summed E-state index contributed by atoms with van der Waals surface area (Å²) in [6, 6.07) is 10.8. The van der Waals surface area contributed by atoms with Crippen molar-refractivity contribution in [1.82, 2.24) is 0 Å². The fourth-order valence-corrected chi connectivity index (χ4v) is 7.02. The fourth-order valence-electron chi connectivity index (χ4n) is 4.54. The van der Waals surface area contributed by atoms with Gasteiger partial charge in [0.2, 0.25) is 0 Å². The molecule has 0 nitrogen and oxygen atoms in total. The second kappa shape index (κ2) is 4.62. The van der Waals surface area contributed by atoms with Crippen molar-refractivity contribution in [2.75, 3.05) is 12.8 Å². The largest absolute Gasteiger partial charge is 0.370 e. The van der Waals surface area contributed by atoms with E-state index in [9.17, 15) is 0 Å². The van der Waals surface area contributed by atoms with Crippen LogP contribution in [0.3, 0.4) is 0 Å². The fraction of sp³-hybridized carbons (Fsp3) is 0.647. The molecule has 3 aliphatic carbocycles. The molecule has 0 N–H and O–H groups in total. The van der Waals surface area contributed by atoms with Gasteiger partial charge < -0.3 is 0 Å². The maximum Gasteiger partial charge on any atom is 0.370 e. The first-order valence-electron chi connectivity index (χ1n) is 7.61. The first-order chi connectivity index (χ1) is 8.91. The lowest BCUT2D eigenvalue weighted by atomic mass is 9.46. The van der Waals surface area contributed by atoms with E-state index < -0.39 is 7.14 Å². The van der Waals surface area contributed by atoms with Crippen LogP contribution in [-0.4, -0.2) is 20.4 Å². The number of benzene rings is 1. The summed E-state index contributed by atoms with van der Waals surface area (Å²) in [4.78, 5) is 0. The van der Waals surface area contributed by atoms with Gasteiger partial charge in [-0.05, 0) is 61.7 Å². The summed E-state index contributed by atoms with van der Waals surface area (Å²) in [7, 11) is 5.32. The van der Waals surface area contributed by atoms with Crippen LogP contribution in [0.4, 0.5) is 0 Å². The minimum Gasteiger partial charge on any atom is -0.0620 e. The van der Waals surface area contributed by atoms with Crippen LogP contribution in [0.25, 0.3) is 0 Å². The summed E-state index contributed by atoms with van der Waals surface area (Å²) in [6.45, 7) is 7.28. The number of hydrogen-bond acceptors (Lipinski definition) is 0. The quantitative estimate of drug-likeness (QED) is 0.573. The van der Waals surface area contributed by atoms with Gasteiger partial charge >= 0.3 is 7.57 Å². The van der Waals surface area contributed by atoms with Crippen molar-refractivity contribution in [1.29, 1.82) is 0 Å². The Labute approximate surface area is 120 Å². The molecule has 19 heavy (non-hydrogen) atoms. The standard InChI is InChI=1S/C17H25BP/c1-17(2)14-10-9-13(16(17)11-14)12-19(3,18)15-7-5-4-6-8-15/h4-8,13-14,16H,9-12H2,1-3H3/q+1. The van der Waals surface area contributed by atoms with Gasteiger partial charge in [0.15, 0.2) is 0 Å². The van der Waals surface area contributed by atoms with Gasteiger partial charge in [-0.1, -0.05) is 32.0 Å². The Hall–Kier alpha value is -0.285. The molecule has 4 rings (SSSR count). The van der Waals surface area contributed by atoms with Crippen molar-refractivity contribution < 1.29 is 0 Å². The molecule has 0 spiro atoms. The molecule has 4 unspecified atom stereocenters. The van der Waals surface area contributed by atoms with Crippen molar-refractivity contribution >= 4 is 20.0 Å². The SMILES string of the molecule is [B][P+](C)(CC1CCC2CC1C2(C)C)c1ccccc1. The van der Waals surface area contributed by atoms with E-state index in [2.05, 4.69) is 50.8 Å². The van der Waals surface area contributed by atoms with E-state index in [1.807, 2.05) is 0 Å². The van der Waals surface area contributed by atoms with Crippen LogP contribution >= 0.6 is 7.14 Å². The molecule has 2 bridgehead atoms. The zero-order valence-electron chi connectivity index (χ0n) is 12.5. The van der Waals surface area contributed by atoms with Gasteiger partial charge in [-0.15, -0.1) is 0 Å². The maximum atomic E-state index is 6.75. The molecular formula is C17H25BP+. The predicted molar refractivity (Wildman–Crippen MR) is 87.6 cm³/mol. The first-order valence-corrected chi connectivity index (χ1v) is 10.1. The van der Waals surface area contributed by atoms with Crippen LogP contribution in [-0.2, 0) is 0 Å². The molecule has 2 radical (unpaired) electrons. The summed E-state index contributed by atoms with van der Waals surface area (Å²) >= 11 is 0. The Morgan fingerprint density at radius 3 is 2.47 bits per heavy atom. The smallest absolute Gasteiger partial charge is 0.0620 e. The van der Waals surface area contributed by atoms with E-state index in [1.54, 1.807) is 0 Å². The third-order valence-electron chi connectivity index (χ3n) is 5.96. The highest BCUT2D eigenvalue weighted by atomic mass is 31.2. The topological polar surface area (TPSA) is 0 Å². The van der Waals surface area contributed by atoms with E-state index in [0.717, 1.165) is 17.8 Å². The van der Waals surface area contributed by atoms with E-state index in [1.165, 1.54) is 30.7 Å². The zero-order chi connectivity index (χ0) is 13.7. The average Bonchev–Trinajstić information content (AvgIpc) is 2.39. The van der Waals surface area contributed by atoms with Gasteiger partial charge in [-0.3, -0.25) is 0 Å². The molecular weight excluding hydrogens is 246 g/mol. The summed E-state index contributed by atoms with van der Waals surface area (Å²) < 4.78 is 0. The molecule has 3 fully saturated rings. The third-order valence-corrected chi connectivity index (χ3v) is 8.67. The number of hydrogen-bond donors (Lipinski definition) is 0. The highest BCUT2D eigenvalue weighted by Crippen LogP contribution is 2.64. The van der Waals surface area contributed by atoms with Gasteiger partial charge in [0.05, 0.1) is 11.5 Å². The second-order valence-electron chi connectivity index (χ2n) is 7.48. The van der Waals surface area contributed by atoms with Gasteiger partial charge in [-0.25, -0.2) is 0 Å². The van der Waals surface area contributed by atoms with Crippen LogP contribution in [0.15, 0.2) is 30.3 Å².